The van der Waals surface area contributed by atoms with Crippen molar-refractivity contribution in [1.29, 1.82) is 0 Å². The number of hydrogen-bond donors (Lipinski definition) is 1. The lowest BCUT2D eigenvalue weighted by Crippen LogP contribution is -2.14. The number of alkyl halides is 1. The first-order valence-corrected chi connectivity index (χ1v) is 5.41. The van der Waals surface area contributed by atoms with Crippen LogP contribution in [-0.2, 0) is 9.84 Å². The Balaban J connectivity index is 3.63. The maximum atomic E-state index is 11.6. The molecule has 2 N–H and O–H groups in total. The number of halogens is 1. The summed E-state index contributed by atoms with van der Waals surface area (Å²) in [6, 6.07) is 0. The van der Waals surface area contributed by atoms with Gasteiger partial charge in [0.05, 0.1) is 18.2 Å². The summed E-state index contributed by atoms with van der Waals surface area (Å²) < 4.78 is 33.4. The van der Waals surface area contributed by atoms with E-state index in [4.69, 9.17) is 5.73 Å². The highest BCUT2D eigenvalue weighted by Gasteiger charge is 2.08. The molecule has 0 radical (unpaired) electrons. The van der Waals surface area contributed by atoms with Gasteiger partial charge in [0, 0.05) is 0 Å². The first kappa shape index (κ1) is 10.8. The summed E-state index contributed by atoms with van der Waals surface area (Å²) in [5.74, 6) is 0.0347. The Morgan fingerprint density at radius 2 is 1.73 bits per heavy atom. The first-order chi connectivity index (χ1) is 5.12. The predicted molar refractivity (Wildman–Crippen MR) is 42.9 cm³/mol. The van der Waals surface area contributed by atoms with Crippen molar-refractivity contribution < 1.29 is 12.8 Å². The summed E-state index contributed by atoms with van der Waals surface area (Å²) in [6.45, 7) is -0.198. The fourth-order valence-electron chi connectivity index (χ4n) is 0.680. The minimum absolute atomic E-state index is 0.0521. The van der Waals surface area contributed by atoms with Crippen molar-refractivity contribution in [3.63, 3.8) is 0 Å². The van der Waals surface area contributed by atoms with E-state index in [2.05, 4.69) is 0 Å². The molecule has 0 fully saturated rings. The topological polar surface area (TPSA) is 60.2 Å². The van der Waals surface area contributed by atoms with E-state index in [9.17, 15) is 12.8 Å². The fourth-order valence-corrected chi connectivity index (χ4v) is 2.04. The third-order valence-corrected chi connectivity index (χ3v) is 3.07. The molecule has 0 aromatic carbocycles. The lowest BCUT2D eigenvalue weighted by Gasteiger charge is -1.99. The molecule has 0 aromatic heterocycles. The molecule has 0 amide bonds. The Morgan fingerprint density at radius 1 is 1.18 bits per heavy atom. The third-order valence-electron chi connectivity index (χ3n) is 1.25. The van der Waals surface area contributed by atoms with Crippen LogP contribution in [0.5, 0.6) is 0 Å². The Bertz CT molecular complexity index is 165. The zero-order valence-electron chi connectivity index (χ0n) is 6.42. The van der Waals surface area contributed by atoms with Gasteiger partial charge in [-0.2, -0.15) is 0 Å². The highest BCUT2D eigenvalue weighted by Crippen LogP contribution is 1.96. The second-order valence-electron chi connectivity index (χ2n) is 2.34. The molecule has 3 nitrogen and oxygen atoms in total. The standard InChI is InChI=1S/C6H14FNO2S/c7-3-1-5-11(9,10)6-2-4-8/h1-6,8H2. The first-order valence-electron chi connectivity index (χ1n) is 3.59. The monoisotopic (exact) mass is 183 g/mol. The number of sulfone groups is 1. The van der Waals surface area contributed by atoms with E-state index in [0.29, 0.717) is 13.0 Å². The smallest absolute Gasteiger partial charge is 0.150 e. The lowest BCUT2D eigenvalue weighted by molar-refractivity contribution is 0.484. The minimum Gasteiger partial charge on any atom is -0.330 e. The minimum atomic E-state index is -3.03. The molecule has 0 bridgehead atoms. The highest BCUT2D eigenvalue weighted by molar-refractivity contribution is 7.91. The SMILES string of the molecule is NCCCS(=O)(=O)CCCF. The molecular weight excluding hydrogens is 169 g/mol. The molecular formula is C6H14FNO2S. The van der Waals surface area contributed by atoms with Crippen LogP contribution in [0.2, 0.25) is 0 Å². The van der Waals surface area contributed by atoms with E-state index in [1.54, 1.807) is 0 Å². The summed E-state index contributed by atoms with van der Waals surface area (Å²) in [4.78, 5) is 0. The van der Waals surface area contributed by atoms with Gasteiger partial charge in [0.15, 0.2) is 0 Å². The van der Waals surface area contributed by atoms with Gasteiger partial charge < -0.3 is 5.73 Å². The third kappa shape index (κ3) is 6.25. The van der Waals surface area contributed by atoms with Gasteiger partial charge in [0.2, 0.25) is 0 Å². The molecule has 0 aliphatic heterocycles. The molecule has 0 saturated carbocycles. The highest BCUT2D eigenvalue weighted by atomic mass is 32.2. The van der Waals surface area contributed by atoms with Gasteiger partial charge in [-0.25, -0.2) is 8.42 Å². The molecule has 5 heteroatoms. The number of hydrogen-bond acceptors (Lipinski definition) is 3. The second kappa shape index (κ2) is 5.49. The summed E-state index contributed by atoms with van der Waals surface area (Å²) >= 11 is 0. The van der Waals surface area contributed by atoms with Gasteiger partial charge in [-0.15, -0.1) is 0 Å². The molecule has 0 saturated heterocycles. The molecule has 68 valence electrons. The van der Waals surface area contributed by atoms with Gasteiger partial charge >= 0.3 is 0 Å². The molecule has 11 heavy (non-hydrogen) atoms. The number of nitrogens with two attached hydrogens (primary N) is 1. The summed E-state index contributed by atoms with van der Waals surface area (Å²) in [5.41, 5.74) is 5.13. The van der Waals surface area contributed by atoms with Gasteiger partial charge in [0.1, 0.15) is 9.84 Å². The van der Waals surface area contributed by atoms with Crippen LogP contribution in [-0.4, -0.2) is 33.1 Å². The van der Waals surface area contributed by atoms with Crippen molar-refractivity contribution in [3.05, 3.63) is 0 Å². The van der Waals surface area contributed by atoms with Gasteiger partial charge in [-0.05, 0) is 19.4 Å². The Kier molecular flexibility index (Phi) is 5.41. The van der Waals surface area contributed by atoms with Crippen molar-refractivity contribution >= 4 is 9.84 Å². The van der Waals surface area contributed by atoms with Crippen LogP contribution in [0.25, 0.3) is 0 Å². The van der Waals surface area contributed by atoms with Gasteiger partial charge in [-0.3, -0.25) is 4.39 Å². The lowest BCUT2D eigenvalue weighted by atomic mass is 10.5. The average molecular weight is 183 g/mol. The molecule has 0 aliphatic carbocycles. The fraction of sp³-hybridized carbons (Fsp3) is 1.00. The van der Waals surface area contributed by atoms with Crippen LogP contribution >= 0.6 is 0 Å². The maximum Gasteiger partial charge on any atom is 0.150 e. The predicted octanol–water partition coefficient (Wildman–Crippen LogP) is 0.110. The van der Waals surface area contributed by atoms with Gasteiger partial charge in [0.25, 0.3) is 0 Å². The molecule has 0 aliphatic rings. The van der Waals surface area contributed by atoms with E-state index < -0.39 is 16.5 Å². The van der Waals surface area contributed by atoms with E-state index in [-0.39, 0.29) is 17.9 Å². The van der Waals surface area contributed by atoms with Crippen LogP contribution in [0.15, 0.2) is 0 Å². The van der Waals surface area contributed by atoms with E-state index in [1.165, 1.54) is 0 Å². The molecule has 0 rings (SSSR count). The quantitative estimate of drug-likeness (QED) is 0.635. The Morgan fingerprint density at radius 3 is 2.18 bits per heavy atom. The molecule has 0 aromatic rings. The Labute approximate surface area is 66.7 Å². The largest absolute Gasteiger partial charge is 0.330 e. The zero-order chi connectivity index (χ0) is 8.74. The molecule has 0 unspecified atom stereocenters. The van der Waals surface area contributed by atoms with E-state index in [1.807, 2.05) is 0 Å². The average Bonchev–Trinajstić information content (AvgIpc) is 1.97. The van der Waals surface area contributed by atoms with E-state index in [0.717, 1.165) is 0 Å². The summed E-state index contributed by atoms with van der Waals surface area (Å²) in [7, 11) is -3.03. The van der Waals surface area contributed by atoms with Crippen molar-refractivity contribution in [2.24, 2.45) is 5.73 Å². The van der Waals surface area contributed by atoms with E-state index >= 15 is 0 Å². The van der Waals surface area contributed by atoms with Crippen LogP contribution in [0.3, 0.4) is 0 Å². The van der Waals surface area contributed by atoms with Gasteiger partial charge in [-0.1, -0.05) is 0 Å². The number of rotatable bonds is 6. The summed E-state index contributed by atoms with van der Waals surface area (Å²) in [5, 5.41) is 0. The van der Waals surface area contributed by atoms with Crippen LogP contribution in [0.1, 0.15) is 12.8 Å². The second-order valence-corrected chi connectivity index (χ2v) is 4.64. The normalized spacial score (nSPS) is 11.8. The van der Waals surface area contributed by atoms with Crippen LogP contribution in [0, 0.1) is 0 Å². The zero-order valence-corrected chi connectivity index (χ0v) is 7.24. The maximum absolute atomic E-state index is 11.6. The van der Waals surface area contributed by atoms with Crippen LogP contribution < -0.4 is 5.73 Å². The van der Waals surface area contributed by atoms with Crippen molar-refractivity contribution in [2.75, 3.05) is 24.7 Å². The Hall–Kier alpha value is -0.160. The molecule has 0 spiro atoms. The van der Waals surface area contributed by atoms with Crippen molar-refractivity contribution in [1.82, 2.24) is 0 Å². The van der Waals surface area contributed by atoms with Crippen molar-refractivity contribution in [2.45, 2.75) is 12.8 Å². The van der Waals surface area contributed by atoms with Crippen molar-refractivity contribution in [3.8, 4) is 0 Å². The van der Waals surface area contributed by atoms with Crippen LogP contribution in [0.4, 0.5) is 4.39 Å². The molecule has 0 atom stereocenters. The summed E-state index contributed by atoms with van der Waals surface area (Å²) in [6.07, 6.45) is 0.571. The molecule has 0 heterocycles.